The molecular weight excluding hydrogens is 389 g/mol. The Balaban J connectivity index is -0.00000000800. The van der Waals surface area contributed by atoms with E-state index in [1.54, 1.807) is 0 Å². The molecule has 0 fully saturated rings. The van der Waals surface area contributed by atoms with Gasteiger partial charge < -0.3 is 5.48 Å². The van der Waals surface area contributed by atoms with Crippen LogP contribution >= 0.6 is 0 Å². The first kappa shape index (κ1) is 36.8. The first-order valence-electron chi connectivity index (χ1n) is 0.748. The summed E-state index contributed by atoms with van der Waals surface area (Å²) >= 11 is -5.85. The van der Waals surface area contributed by atoms with Gasteiger partial charge >= 0.3 is 146 Å². The van der Waals surface area contributed by atoms with E-state index < -0.39 is 20.1 Å². The van der Waals surface area contributed by atoms with Gasteiger partial charge in [-0.05, 0) is 0 Å². The fourth-order valence-corrected chi connectivity index (χ4v) is 0. The fraction of sp³-hybridized carbons (Fsp3) is 0. The summed E-state index contributed by atoms with van der Waals surface area (Å²) in [6.45, 7) is 0. The van der Waals surface area contributed by atoms with E-state index in [2.05, 4.69) is 0 Å². The SMILES string of the molecule is [Na+].[Na+].[Na+].[OH-].[O]=[Sb]([O-])([O-])[OH].[SnH4]. The average molecular weight is 395 g/mol. The Hall–Kier alpha value is 4.26. The summed E-state index contributed by atoms with van der Waals surface area (Å²) in [6.07, 6.45) is 0. The van der Waals surface area contributed by atoms with E-state index in [1.165, 1.54) is 0 Å². The quantitative estimate of drug-likeness (QED) is 0.409. The summed E-state index contributed by atoms with van der Waals surface area (Å²) in [7, 11) is 0. The minimum atomic E-state index is -5.85. The summed E-state index contributed by atoms with van der Waals surface area (Å²) in [5.41, 5.74) is 0. The second kappa shape index (κ2) is 18.9. The molecule has 0 spiro atoms. The number of hydrogen-bond acceptors (Lipinski definition) is 4. The van der Waals surface area contributed by atoms with Crippen molar-refractivity contribution in [3.05, 3.63) is 0 Å². The third-order valence-corrected chi connectivity index (χ3v) is 0. The zero-order chi connectivity index (χ0) is 4.50. The van der Waals surface area contributed by atoms with Crippen molar-refractivity contribution in [2.45, 2.75) is 0 Å². The van der Waals surface area contributed by atoms with Gasteiger partial charge in [-0.3, -0.25) is 0 Å². The molecule has 0 rings (SSSR count). The predicted octanol–water partition coefficient (Wildman–Crippen LogP) is -14.1. The predicted molar refractivity (Wildman–Crippen MR) is 21.9 cm³/mol. The summed E-state index contributed by atoms with van der Waals surface area (Å²) in [5, 5.41) is 0. The fourth-order valence-electron chi connectivity index (χ4n) is 0. The molecule has 0 aromatic heterocycles. The van der Waals surface area contributed by atoms with Crippen LogP contribution in [0.3, 0.4) is 0 Å². The number of rotatable bonds is 0. The molecule has 0 aliphatic rings. The summed E-state index contributed by atoms with van der Waals surface area (Å²) in [5.74, 6) is 0. The molecular formula is H6Na3O5SbSn. The van der Waals surface area contributed by atoms with Crippen LogP contribution in [0.25, 0.3) is 0 Å². The summed E-state index contributed by atoms with van der Waals surface area (Å²) in [4.78, 5) is 0. The molecule has 10 heteroatoms. The van der Waals surface area contributed by atoms with Crippen molar-refractivity contribution >= 4 is 44.0 Å². The molecule has 0 amide bonds. The van der Waals surface area contributed by atoms with Crippen LogP contribution in [0.15, 0.2) is 0 Å². The van der Waals surface area contributed by atoms with Crippen molar-refractivity contribution in [1.82, 2.24) is 0 Å². The molecule has 0 saturated heterocycles. The van der Waals surface area contributed by atoms with Crippen molar-refractivity contribution in [2.24, 2.45) is 0 Å². The molecule has 0 atom stereocenters. The van der Waals surface area contributed by atoms with Gasteiger partial charge in [0.05, 0.1) is 0 Å². The van der Waals surface area contributed by atoms with Gasteiger partial charge in [-0.15, -0.1) is 0 Å². The van der Waals surface area contributed by atoms with Gasteiger partial charge in [0, 0.05) is 0 Å². The average Bonchev–Trinajstić information content (AvgIpc) is 0.722. The monoisotopic (exact) mass is 396 g/mol. The van der Waals surface area contributed by atoms with Crippen LogP contribution in [-0.2, 0) is 3.02 Å². The van der Waals surface area contributed by atoms with E-state index in [9.17, 15) is 0 Å². The molecule has 10 heavy (non-hydrogen) atoms. The van der Waals surface area contributed by atoms with E-state index in [-0.39, 0.29) is 118 Å². The summed E-state index contributed by atoms with van der Waals surface area (Å²) in [6, 6.07) is 0. The molecule has 0 bridgehead atoms. The summed E-state index contributed by atoms with van der Waals surface area (Å²) < 4.78 is 33.3. The maximum atomic E-state index is 8.75. The normalized spacial score (nSPS) is 5.90. The van der Waals surface area contributed by atoms with Crippen molar-refractivity contribution in [3.8, 4) is 0 Å². The Morgan fingerprint density at radius 3 is 1.10 bits per heavy atom. The van der Waals surface area contributed by atoms with Crippen molar-refractivity contribution < 1.29 is 107 Å². The van der Waals surface area contributed by atoms with Crippen LogP contribution < -0.4 is 95.4 Å². The third-order valence-electron chi connectivity index (χ3n) is 0. The van der Waals surface area contributed by atoms with E-state index in [0.29, 0.717) is 0 Å². The second-order valence-corrected chi connectivity index (χ2v) is 3.14. The Kier molecular flexibility index (Phi) is 69.6. The molecule has 0 aliphatic heterocycles. The molecule has 0 unspecified atom stereocenters. The van der Waals surface area contributed by atoms with Gasteiger partial charge in [-0.1, -0.05) is 0 Å². The first-order chi connectivity index (χ1) is 2.00. The van der Waals surface area contributed by atoms with Gasteiger partial charge in [0.2, 0.25) is 0 Å². The molecule has 0 aromatic carbocycles. The van der Waals surface area contributed by atoms with Crippen LogP contribution in [0.1, 0.15) is 0 Å². The molecule has 0 heterocycles. The molecule has 0 aromatic rings. The van der Waals surface area contributed by atoms with Gasteiger partial charge in [0.15, 0.2) is 0 Å². The van der Waals surface area contributed by atoms with Crippen LogP contribution in [-0.4, -0.2) is 52.8 Å². The standard InChI is InChI=1S/3Na.2H2O.3O.Sb.Sn.4H/h;;;2*1H2;;;;;;;;;/q3*+1;;;;2*-1;+1;;;;;/p-2. The Bertz CT molecular complexity index is 63.0. The third kappa shape index (κ3) is 85.7. The van der Waals surface area contributed by atoms with Gasteiger partial charge in [0.25, 0.3) is 0 Å². The van der Waals surface area contributed by atoms with Crippen molar-refractivity contribution in [3.63, 3.8) is 0 Å². The van der Waals surface area contributed by atoms with Crippen molar-refractivity contribution in [1.29, 1.82) is 0 Å². The van der Waals surface area contributed by atoms with E-state index in [1.807, 2.05) is 0 Å². The first-order valence-corrected chi connectivity index (χ1v) is 5.02. The molecule has 2 N–H and O–H groups in total. The minimum absolute atomic E-state index is 0. The van der Waals surface area contributed by atoms with Gasteiger partial charge in [0.1, 0.15) is 0 Å². The molecule has 5 nitrogen and oxygen atoms in total. The van der Waals surface area contributed by atoms with Crippen molar-refractivity contribution in [2.75, 3.05) is 0 Å². The molecule has 0 saturated carbocycles. The van der Waals surface area contributed by atoms with E-state index in [0.717, 1.165) is 0 Å². The van der Waals surface area contributed by atoms with Crippen LogP contribution in [0.2, 0.25) is 0 Å². The maximum absolute atomic E-state index is 8.75. The zero-order valence-corrected chi connectivity index (χ0v) is 14.1. The van der Waals surface area contributed by atoms with Crippen LogP contribution in [0.4, 0.5) is 0 Å². The molecule has 0 radical (unpaired) electrons. The van der Waals surface area contributed by atoms with E-state index in [4.69, 9.17) is 13.2 Å². The van der Waals surface area contributed by atoms with E-state index >= 15 is 0 Å². The topological polar surface area (TPSA) is 113 Å². The number of hydrogen-bond donors (Lipinski definition) is 1. The molecule has 48 valence electrons. The van der Waals surface area contributed by atoms with Crippen LogP contribution in [0, 0.1) is 0 Å². The Morgan fingerprint density at radius 1 is 1.10 bits per heavy atom. The van der Waals surface area contributed by atoms with Gasteiger partial charge in [-0.2, -0.15) is 0 Å². The van der Waals surface area contributed by atoms with Gasteiger partial charge in [-0.25, -0.2) is 0 Å². The van der Waals surface area contributed by atoms with Crippen LogP contribution in [0.5, 0.6) is 0 Å². The Morgan fingerprint density at radius 2 is 1.10 bits per heavy atom. The molecule has 0 aliphatic carbocycles. The zero-order valence-electron chi connectivity index (χ0n) is 5.57. The Labute approximate surface area is 148 Å². The second-order valence-electron chi connectivity index (χ2n) is 0.469.